The summed E-state index contributed by atoms with van der Waals surface area (Å²) in [5.41, 5.74) is -0.905. The number of benzene rings is 1. The van der Waals surface area contributed by atoms with Gasteiger partial charge in [0, 0.05) is 6.07 Å². The number of carbonyl (C=O) groups is 1. The van der Waals surface area contributed by atoms with Crippen LogP contribution in [0.2, 0.25) is 0 Å². The summed E-state index contributed by atoms with van der Waals surface area (Å²) >= 11 is 0. The van der Waals surface area contributed by atoms with Crippen molar-refractivity contribution in [3.05, 3.63) is 39.7 Å². The molecule has 82 valence electrons. The lowest BCUT2D eigenvalue weighted by Crippen LogP contribution is -2.24. The van der Waals surface area contributed by atoms with Gasteiger partial charge < -0.3 is 5.32 Å². The number of rotatable bonds is 3. The Bertz CT molecular complexity index is 481. The van der Waals surface area contributed by atoms with E-state index >= 15 is 0 Å². The van der Waals surface area contributed by atoms with Gasteiger partial charge in [-0.3, -0.25) is 14.9 Å². The molecule has 1 aromatic rings. The van der Waals surface area contributed by atoms with E-state index in [4.69, 9.17) is 5.26 Å². The second kappa shape index (κ2) is 4.84. The number of amides is 1. The van der Waals surface area contributed by atoms with Gasteiger partial charge in [0.2, 0.25) is 0 Å². The average molecular weight is 223 g/mol. The summed E-state index contributed by atoms with van der Waals surface area (Å²) in [6.45, 7) is -0.299. The van der Waals surface area contributed by atoms with Gasteiger partial charge in [-0.05, 0) is 12.1 Å². The zero-order valence-electron chi connectivity index (χ0n) is 7.94. The Balaban J connectivity index is 3.10. The van der Waals surface area contributed by atoms with E-state index in [9.17, 15) is 19.3 Å². The first-order valence-corrected chi connectivity index (χ1v) is 4.15. The van der Waals surface area contributed by atoms with Crippen LogP contribution in [0.3, 0.4) is 0 Å². The minimum Gasteiger partial charge on any atom is -0.339 e. The lowest BCUT2D eigenvalue weighted by atomic mass is 10.1. The predicted octanol–water partition coefficient (Wildman–Crippen LogP) is 0.987. The third kappa shape index (κ3) is 2.51. The summed E-state index contributed by atoms with van der Waals surface area (Å²) in [7, 11) is 0. The van der Waals surface area contributed by atoms with Crippen molar-refractivity contribution < 1.29 is 14.1 Å². The van der Waals surface area contributed by atoms with Crippen LogP contribution in [0.5, 0.6) is 0 Å². The monoisotopic (exact) mass is 223 g/mol. The molecule has 0 saturated carbocycles. The quantitative estimate of drug-likeness (QED) is 0.469. The first-order valence-electron chi connectivity index (χ1n) is 4.15. The molecule has 0 unspecified atom stereocenters. The number of carbonyl (C=O) groups excluding carboxylic acids is 1. The second-order valence-corrected chi connectivity index (χ2v) is 2.76. The zero-order chi connectivity index (χ0) is 12.1. The number of hydrogen-bond donors (Lipinski definition) is 1. The summed E-state index contributed by atoms with van der Waals surface area (Å²) < 4.78 is 12.8. The van der Waals surface area contributed by atoms with Crippen LogP contribution >= 0.6 is 0 Å². The van der Waals surface area contributed by atoms with Crippen molar-refractivity contribution in [1.82, 2.24) is 5.32 Å². The molecule has 0 radical (unpaired) electrons. The SMILES string of the molecule is N#CCNC(=O)c1cc(F)ccc1[N+](=O)[O-]. The topological polar surface area (TPSA) is 96.0 Å². The highest BCUT2D eigenvalue weighted by Gasteiger charge is 2.20. The van der Waals surface area contributed by atoms with E-state index in [0.29, 0.717) is 0 Å². The van der Waals surface area contributed by atoms with Crippen LogP contribution in [-0.2, 0) is 0 Å². The van der Waals surface area contributed by atoms with Crippen molar-refractivity contribution in [2.75, 3.05) is 6.54 Å². The van der Waals surface area contributed by atoms with E-state index in [-0.39, 0.29) is 6.54 Å². The fourth-order valence-electron chi connectivity index (χ4n) is 1.06. The number of nitrogens with zero attached hydrogens (tertiary/aromatic N) is 2. The molecule has 6 nitrogen and oxygen atoms in total. The first-order chi connectivity index (χ1) is 7.56. The van der Waals surface area contributed by atoms with Gasteiger partial charge in [0.25, 0.3) is 11.6 Å². The molecule has 1 rings (SSSR count). The van der Waals surface area contributed by atoms with Crippen LogP contribution in [-0.4, -0.2) is 17.4 Å². The molecule has 0 aromatic heterocycles. The molecule has 0 bridgehead atoms. The van der Waals surface area contributed by atoms with Gasteiger partial charge in [0.1, 0.15) is 17.9 Å². The van der Waals surface area contributed by atoms with Crippen LogP contribution in [0.1, 0.15) is 10.4 Å². The molecular formula is C9H6FN3O3. The molecule has 0 aliphatic heterocycles. The Morgan fingerprint density at radius 3 is 2.88 bits per heavy atom. The Hall–Kier alpha value is -2.49. The fourth-order valence-corrected chi connectivity index (χ4v) is 1.06. The Morgan fingerprint density at radius 1 is 1.62 bits per heavy atom. The number of nitro benzene ring substituents is 1. The molecule has 0 aliphatic carbocycles. The number of nitro groups is 1. The van der Waals surface area contributed by atoms with Gasteiger partial charge in [-0.2, -0.15) is 5.26 Å². The van der Waals surface area contributed by atoms with E-state index < -0.39 is 27.9 Å². The predicted molar refractivity (Wildman–Crippen MR) is 51.0 cm³/mol. The van der Waals surface area contributed by atoms with E-state index in [2.05, 4.69) is 5.32 Å². The van der Waals surface area contributed by atoms with Gasteiger partial charge >= 0.3 is 0 Å². The lowest BCUT2D eigenvalue weighted by Gasteiger charge is -2.02. The highest BCUT2D eigenvalue weighted by Crippen LogP contribution is 2.19. The highest BCUT2D eigenvalue weighted by atomic mass is 19.1. The molecule has 0 spiro atoms. The Morgan fingerprint density at radius 2 is 2.31 bits per heavy atom. The standard InChI is InChI=1S/C9H6FN3O3/c10-6-1-2-8(13(15)16)7(5-6)9(14)12-4-3-11/h1-2,5H,4H2,(H,12,14). The maximum absolute atomic E-state index is 12.8. The minimum atomic E-state index is -0.854. The zero-order valence-corrected chi connectivity index (χ0v) is 7.94. The number of nitrogens with one attached hydrogen (secondary N) is 1. The van der Waals surface area contributed by atoms with Gasteiger partial charge in [0.05, 0.1) is 11.0 Å². The van der Waals surface area contributed by atoms with Gasteiger partial charge in [0.15, 0.2) is 0 Å². The van der Waals surface area contributed by atoms with E-state index in [1.807, 2.05) is 0 Å². The number of halogens is 1. The molecule has 1 N–H and O–H groups in total. The van der Waals surface area contributed by atoms with Crippen LogP contribution < -0.4 is 5.32 Å². The average Bonchev–Trinajstić information content (AvgIpc) is 2.25. The molecule has 1 aromatic carbocycles. The first kappa shape index (κ1) is 11.6. The number of nitriles is 1. The third-order valence-electron chi connectivity index (χ3n) is 1.73. The molecule has 7 heteroatoms. The van der Waals surface area contributed by atoms with Gasteiger partial charge in [-0.25, -0.2) is 4.39 Å². The van der Waals surface area contributed by atoms with E-state index in [1.54, 1.807) is 6.07 Å². The molecule has 1 amide bonds. The van der Waals surface area contributed by atoms with Gasteiger partial charge in [-0.1, -0.05) is 0 Å². The van der Waals surface area contributed by atoms with Crippen LogP contribution in [0.15, 0.2) is 18.2 Å². The molecule has 0 heterocycles. The molecule has 0 saturated heterocycles. The fraction of sp³-hybridized carbons (Fsp3) is 0.111. The molecule has 0 fully saturated rings. The van der Waals surface area contributed by atoms with Crippen molar-refractivity contribution in [2.24, 2.45) is 0 Å². The van der Waals surface area contributed by atoms with Crippen LogP contribution in [0.4, 0.5) is 10.1 Å². The Labute approximate surface area is 89.4 Å². The van der Waals surface area contributed by atoms with E-state index in [1.165, 1.54) is 0 Å². The Kier molecular flexibility index (Phi) is 3.50. The summed E-state index contributed by atoms with van der Waals surface area (Å²) in [6, 6.07) is 4.18. The maximum atomic E-state index is 12.8. The summed E-state index contributed by atoms with van der Waals surface area (Å²) in [5.74, 6) is -1.61. The van der Waals surface area contributed by atoms with Crippen molar-refractivity contribution in [2.45, 2.75) is 0 Å². The normalized spacial score (nSPS) is 9.25. The van der Waals surface area contributed by atoms with Crippen molar-refractivity contribution in [3.63, 3.8) is 0 Å². The summed E-state index contributed by atoms with van der Waals surface area (Å²) in [4.78, 5) is 21.1. The largest absolute Gasteiger partial charge is 0.339 e. The third-order valence-corrected chi connectivity index (χ3v) is 1.73. The molecule has 16 heavy (non-hydrogen) atoms. The van der Waals surface area contributed by atoms with Crippen molar-refractivity contribution in [1.29, 1.82) is 5.26 Å². The van der Waals surface area contributed by atoms with Crippen molar-refractivity contribution in [3.8, 4) is 6.07 Å². The number of hydrogen-bond acceptors (Lipinski definition) is 4. The summed E-state index contributed by atoms with van der Waals surface area (Å²) in [5, 5.41) is 20.9. The van der Waals surface area contributed by atoms with Crippen LogP contribution in [0, 0.1) is 27.3 Å². The second-order valence-electron chi connectivity index (χ2n) is 2.76. The molecular weight excluding hydrogens is 217 g/mol. The molecule has 0 atom stereocenters. The maximum Gasteiger partial charge on any atom is 0.282 e. The van der Waals surface area contributed by atoms with E-state index in [0.717, 1.165) is 18.2 Å². The lowest BCUT2D eigenvalue weighted by molar-refractivity contribution is -0.385. The highest BCUT2D eigenvalue weighted by molar-refractivity contribution is 5.98. The van der Waals surface area contributed by atoms with Crippen molar-refractivity contribution >= 4 is 11.6 Å². The smallest absolute Gasteiger partial charge is 0.282 e. The summed E-state index contributed by atoms with van der Waals surface area (Å²) in [6.07, 6.45) is 0. The van der Waals surface area contributed by atoms with Gasteiger partial charge in [-0.15, -0.1) is 0 Å². The molecule has 0 aliphatic rings. The van der Waals surface area contributed by atoms with Crippen LogP contribution in [0.25, 0.3) is 0 Å². The minimum absolute atomic E-state index is 0.299.